The minimum absolute atomic E-state index is 0.0461. The van der Waals surface area contributed by atoms with Crippen molar-refractivity contribution >= 4 is 5.97 Å². The van der Waals surface area contributed by atoms with Gasteiger partial charge in [0.05, 0.1) is 6.42 Å². The fourth-order valence-corrected chi connectivity index (χ4v) is 2.02. The van der Waals surface area contributed by atoms with Gasteiger partial charge in [-0.3, -0.25) is 4.79 Å². The van der Waals surface area contributed by atoms with E-state index in [0.29, 0.717) is 0 Å². The number of rotatable bonds is 4. The van der Waals surface area contributed by atoms with E-state index in [1.807, 2.05) is 0 Å². The zero-order valence-corrected chi connectivity index (χ0v) is 10.2. The summed E-state index contributed by atoms with van der Waals surface area (Å²) in [5.74, 6) is -0.920. The van der Waals surface area contributed by atoms with Crippen molar-refractivity contribution in [2.75, 3.05) is 0 Å². The zero-order chi connectivity index (χ0) is 13.8. The molecular formula is C15H14O4. The topological polar surface area (TPSA) is 77.8 Å². The Labute approximate surface area is 110 Å². The molecule has 2 rings (SSSR count). The van der Waals surface area contributed by atoms with Crippen LogP contribution in [0.4, 0.5) is 0 Å². The summed E-state index contributed by atoms with van der Waals surface area (Å²) < 4.78 is 0. The van der Waals surface area contributed by atoms with Gasteiger partial charge in [0.2, 0.25) is 0 Å². The van der Waals surface area contributed by atoms with Crippen LogP contribution in [0.2, 0.25) is 0 Å². The molecular weight excluding hydrogens is 244 g/mol. The quantitative estimate of drug-likeness (QED) is 0.788. The Morgan fingerprint density at radius 1 is 0.842 bits per heavy atom. The predicted octanol–water partition coefficient (Wildman–Crippen LogP) is 2.70. The van der Waals surface area contributed by atoms with Gasteiger partial charge in [-0.05, 0) is 35.4 Å². The Balaban J connectivity index is 2.37. The van der Waals surface area contributed by atoms with Crippen LogP contribution >= 0.6 is 0 Å². The molecule has 0 fully saturated rings. The Kier molecular flexibility index (Phi) is 3.71. The molecule has 0 saturated heterocycles. The van der Waals surface area contributed by atoms with Gasteiger partial charge in [-0.1, -0.05) is 24.3 Å². The van der Waals surface area contributed by atoms with Crippen molar-refractivity contribution in [3.63, 3.8) is 0 Å². The summed E-state index contributed by atoms with van der Waals surface area (Å²) in [7, 11) is 0. The maximum atomic E-state index is 11.0. The first-order valence-corrected chi connectivity index (χ1v) is 5.86. The van der Waals surface area contributed by atoms with Crippen LogP contribution in [0.15, 0.2) is 48.5 Å². The molecule has 4 nitrogen and oxygen atoms in total. The SMILES string of the molecule is O=C(O)CC(c1ccc(O)cc1)c1ccc(O)cc1. The predicted molar refractivity (Wildman–Crippen MR) is 70.3 cm³/mol. The van der Waals surface area contributed by atoms with Crippen LogP contribution in [0.1, 0.15) is 23.5 Å². The standard InChI is InChI=1S/C15H14O4/c16-12-5-1-10(2-6-12)14(9-15(18)19)11-3-7-13(17)8-4-11/h1-8,14,16-17H,9H2,(H,18,19). The number of benzene rings is 2. The summed E-state index contributed by atoms with van der Waals surface area (Å²) in [6.07, 6.45) is -0.0461. The first-order chi connectivity index (χ1) is 9.06. The number of hydrogen-bond donors (Lipinski definition) is 3. The molecule has 3 N–H and O–H groups in total. The fraction of sp³-hybridized carbons (Fsp3) is 0.133. The van der Waals surface area contributed by atoms with Crippen LogP contribution in [0.25, 0.3) is 0 Å². The number of aromatic hydroxyl groups is 2. The molecule has 0 amide bonds. The fourth-order valence-electron chi connectivity index (χ4n) is 2.02. The lowest BCUT2D eigenvalue weighted by atomic mass is 9.88. The highest BCUT2D eigenvalue weighted by Crippen LogP contribution is 2.30. The minimum Gasteiger partial charge on any atom is -0.508 e. The number of carbonyl (C=O) groups is 1. The van der Waals surface area contributed by atoms with Gasteiger partial charge >= 0.3 is 5.97 Å². The summed E-state index contributed by atoms with van der Waals surface area (Å²) in [6, 6.07) is 12.9. The van der Waals surface area contributed by atoms with Gasteiger partial charge in [0.15, 0.2) is 0 Å². The summed E-state index contributed by atoms with van der Waals surface area (Å²) >= 11 is 0. The molecule has 0 aliphatic rings. The number of carboxylic acid groups (broad SMARTS) is 1. The molecule has 2 aromatic rings. The Bertz CT molecular complexity index is 512. The number of carboxylic acids is 1. The van der Waals surface area contributed by atoms with Gasteiger partial charge in [0, 0.05) is 5.92 Å². The highest BCUT2D eigenvalue weighted by atomic mass is 16.4. The Morgan fingerprint density at radius 2 is 1.21 bits per heavy atom. The Morgan fingerprint density at radius 3 is 1.53 bits per heavy atom. The maximum Gasteiger partial charge on any atom is 0.304 e. The van der Waals surface area contributed by atoms with E-state index in [0.717, 1.165) is 11.1 Å². The molecule has 0 aliphatic heterocycles. The average Bonchev–Trinajstić information content (AvgIpc) is 2.38. The van der Waals surface area contributed by atoms with Gasteiger partial charge in [0.1, 0.15) is 11.5 Å². The van der Waals surface area contributed by atoms with Crippen LogP contribution in [-0.2, 0) is 4.79 Å². The van der Waals surface area contributed by atoms with Crippen LogP contribution in [-0.4, -0.2) is 21.3 Å². The van der Waals surface area contributed by atoms with Gasteiger partial charge in [-0.2, -0.15) is 0 Å². The van der Waals surface area contributed by atoms with Crippen molar-refractivity contribution in [1.29, 1.82) is 0 Å². The second-order valence-corrected chi connectivity index (χ2v) is 4.33. The van der Waals surface area contributed by atoms with E-state index < -0.39 is 5.97 Å². The summed E-state index contributed by atoms with van der Waals surface area (Å²) in [4.78, 5) is 11.0. The second kappa shape index (κ2) is 5.44. The lowest BCUT2D eigenvalue weighted by molar-refractivity contribution is -0.137. The van der Waals surface area contributed by atoms with Crippen molar-refractivity contribution in [3.05, 3.63) is 59.7 Å². The number of aliphatic carboxylic acids is 1. The van der Waals surface area contributed by atoms with E-state index in [-0.39, 0.29) is 23.8 Å². The molecule has 0 unspecified atom stereocenters. The number of phenols is 2. The van der Waals surface area contributed by atoms with Crippen LogP contribution in [0, 0.1) is 0 Å². The summed E-state index contributed by atoms with van der Waals surface area (Å²) in [5, 5.41) is 27.6. The van der Waals surface area contributed by atoms with E-state index in [1.54, 1.807) is 24.3 Å². The van der Waals surface area contributed by atoms with E-state index in [1.165, 1.54) is 24.3 Å². The molecule has 98 valence electrons. The molecule has 0 atom stereocenters. The molecule has 0 radical (unpaired) electrons. The second-order valence-electron chi connectivity index (χ2n) is 4.33. The third-order valence-electron chi connectivity index (χ3n) is 2.97. The Hall–Kier alpha value is -2.49. The molecule has 4 heteroatoms. The highest BCUT2D eigenvalue weighted by Gasteiger charge is 2.17. The van der Waals surface area contributed by atoms with Crippen LogP contribution < -0.4 is 0 Å². The molecule has 0 aromatic heterocycles. The van der Waals surface area contributed by atoms with Crippen LogP contribution in [0.3, 0.4) is 0 Å². The molecule has 0 heterocycles. The molecule has 0 bridgehead atoms. The average molecular weight is 258 g/mol. The summed E-state index contributed by atoms with van der Waals surface area (Å²) in [6.45, 7) is 0. The largest absolute Gasteiger partial charge is 0.508 e. The monoisotopic (exact) mass is 258 g/mol. The van der Waals surface area contributed by atoms with E-state index in [4.69, 9.17) is 5.11 Å². The van der Waals surface area contributed by atoms with Gasteiger partial charge in [-0.25, -0.2) is 0 Å². The first kappa shape index (κ1) is 13.0. The van der Waals surface area contributed by atoms with Gasteiger partial charge in [-0.15, -0.1) is 0 Å². The lowest BCUT2D eigenvalue weighted by Crippen LogP contribution is -2.07. The third-order valence-corrected chi connectivity index (χ3v) is 2.97. The first-order valence-electron chi connectivity index (χ1n) is 5.86. The third kappa shape index (κ3) is 3.25. The lowest BCUT2D eigenvalue weighted by Gasteiger charge is -2.16. The van der Waals surface area contributed by atoms with Crippen LogP contribution in [0.5, 0.6) is 11.5 Å². The van der Waals surface area contributed by atoms with Crippen molar-refractivity contribution in [1.82, 2.24) is 0 Å². The summed E-state index contributed by atoms with van der Waals surface area (Å²) in [5.41, 5.74) is 1.62. The molecule has 0 spiro atoms. The number of hydrogen-bond acceptors (Lipinski definition) is 3. The molecule has 0 saturated carbocycles. The molecule has 0 aliphatic carbocycles. The highest BCUT2D eigenvalue weighted by molar-refractivity contribution is 5.69. The normalized spacial score (nSPS) is 10.6. The van der Waals surface area contributed by atoms with Crippen molar-refractivity contribution < 1.29 is 20.1 Å². The van der Waals surface area contributed by atoms with E-state index in [2.05, 4.69) is 0 Å². The zero-order valence-electron chi connectivity index (χ0n) is 10.2. The van der Waals surface area contributed by atoms with Gasteiger partial charge in [0.25, 0.3) is 0 Å². The van der Waals surface area contributed by atoms with E-state index in [9.17, 15) is 15.0 Å². The maximum absolute atomic E-state index is 11.0. The number of phenolic OH excluding ortho intramolecular Hbond substituents is 2. The van der Waals surface area contributed by atoms with E-state index >= 15 is 0 Å². The minimum atomic E-state index is -0.897. The van der Waals surface area contributed by atoms with Gasteiger partial charge < -0.3 is 15.3 Å². The molecule has 2 aromatic carbocycles. The molecule has 19 heavy (non-hydrogen) atoms. The smallest absolute Gasteiger partial charge is 0.304 e. The van der Waals surface area contributed by atoms with Crippen molar-refractivity contribution in [2.45, 2.75) is 12.3 Å². The van der Waals surface area contributed by atoms with Crippen molar-refractivity contribution in [2.24, 2.45) is 0 Å². The van der Waals surface area contributed by atoms with Crippen molar-refractivity contribution in [3.8, 4) is 11.5 Å².